The average molecular weight is 205 g/mol. The van der Waals surface area contributed by atoms with Crippen LogP contribution in [0, 0.1) is 0 Å². The molecule has 6 heteroatoms. The van der Waals surface area contributed by atoms with Crippen molar-refractivity contribution < 1.29 is 9.59 Å². The maximum Gasteiger partial charge on any atom is 0.236 e. The lowest BCUT2D eigenvalue weighted by Crippen LogP contribution is -2.34. The van der Waals surface area contributed by atoms with E-state index in [-0.39, 0.29) is 18.5 Å². The van der Waals surface area contributed by atoms with Gasteiger partial charge in [-0.1, -0.05) is 0 Å². The molecule has 0 saturated carbocycles. The van der Waals surface area contributed by atoms with Crippen LogP contribution in [0.15, 0.2) is 0 Å². The van der Waals surface area contributed by atoms with Crippen LogP contribution in [0.5, 0.6) is 0 Å². The number of primary amides is 1. The molecule has 2 amide bonds. The highest BCUT2D eigenvalue weighted by molar-refractivity contribution is 7.99. The van der Waals surface area contributed by atoms with E-state index in [4.69, 9.17) is 11.5 Å². The molecular formula is C7H15N3O2S. The number of carbonyl (C=O) groups excluding carboxylic acids is 2. The summed E-state index contributed by atoms with van der Waals surface area (Å²) in [4.78, 5) is 21.2. The molecule has 0 radical (unpaired) electrons. The first-order valence-corrected chi connectivity index (χ1v) is 5.06. The molecule has 0 aromatic heterocycles. The molecule has 0 bridgehead atoms. The van der Waals surface area contributed by atoms with Gasteiger partial charge < -0.3 is 16.8 Å². The van der Waals surface area contributed by atoms with Crippen molar-refractivity contribution in [3.63, 3.8) is 0 Å². The second-order valence-electron chi connectivity index (χ2n) is 2.74. The van der Waals surface area contributed by atoms with Crippen LogP contribution in [0.25, 0.3) is 0 Å². The van der Waals surface area contributed by atoms with Crippen molar-refractivity contribution in [2.75, 3.05) is 18.1 Å². The highest BCUT2D eigenvalue weighted by Gasteiger charge is 2.03. The Bertz CT molecular complexity index is 185. The largest absolute Gasteiger partial charge is 0.368 e. The molecule has 0 aliphatic heterocycles. The van der Waals surface area contributed by atoms with E-state index < -0.39 is 5.91 Å². The number of nitrogens with two attached hydrogens (primary N) is 2. The van der Waals surface area contributed by atoms with Crippen molar-refractivity contribution in [2.45, 2.75) is 13.0 Å². The predicted octanol–water partition coefficient (Wildman–Crippen LogP) is -1.33. The summed E-state index contributed by atoms with van der Waals surface area (Å²) in [6, 6.07) is 0.0777. The Labute approximate surface area is 81.6 Å². The third-order valence-corrected chi connectivity index (χ3v) is 2.30. The Morgan fingerprint density at radius 2 is 2.15 bits per heavy atom. The molecule has 0 aliphatic carbocycles. The first-order valence-electron chi connectivity index (χ1n) is 3.90. The smallest absolute Gasteiger partial charge is 0.236 e. The third-order valence-electron chi connectivity index (χ3n) is 1.07. The Morgan fingerprint density at radius 1 is 1.54 bits per heavy atom. The van der Waals surface area contributed by atoms with Crippen LogP contribution in [-0.4, -0.2) is 35.9 Å². The number of hydrogen-bond donors (Lipinski definition) is 3. The van der Waals surface area contributed by atoms with Crippen molar-refractivity contribution in [2.24, 2.45) is 11.5 Å². The molecule has 5 N–H and O–H groups in total. The number of rotatable bonds is 6. The van der Waals surface area contributed by atoms with E-state index in [2.05, 4.69) is 5.32 Å². The van der Waals surface area contributed by atoms with Gasteiger partial charge in [0.15, 0.2) is 0 Å². The van der Waals surface area contributed by atoms with Gasteiger partial charge in [-0.15, -0.1) is 0 Å². The summed E-state index contributed by atoms with van der Waals surface area (Å²) in [6.45, 7) is 1.77. The fraction of sp³-hybridized carbons (Fsp3) is 0.714. The molecule has 0 rings (SSSR count). The lowest BCUT2D eigenvalue weighted by atomic mass is 10.4. The van der Waals surface area contributed by atoms with Gasteiger partial charge in [0.05, 0.1) is 12.3 Å². The Hall–Kier alpha value is -0.750. The van der Waals surface area contributed by atoms with Crippen molar-refractivity contribution in [1.29, 1.82) is 0 Å². The maximum atomic E-state index is 10.9. The van der Waals surface area contributed by atoms with E-state index in [1.165, 1.54) is 11.8 Å². The van der Waals surface area contributed by atoms with Crippen LogP contribution < -0.4 is 16.8 Å². The van der Waals surface area contributed by atoms with E-state index in [0.717, 1.165) is 5.75 Å². The molecule has 0 spiro atoms. The number of amides is 2. The SMILES string of the molecule is CC(N)CSCC(=O)NCC(N)=O. The lowest BCUT2D eigenvalue weighted by Gasteiger charge is -2.04. The zero-order valence-electron chi connectivity index (χ0n) is 7.58. The van der Waals surface area contributed by atoms with Crippen LogP contribution in [0.1, 0.15) is 6.92 Å². The van der Waals surface area contributed by atoms with E-state index in [9.17, 15) is 9.59 Å². The molecule has 0 aliphatic rings. The Morgan fingerprint density at radius 3 is 2.62 bits per heavy atom. The quantitative estimate of drug-likeness (QED) is 0.500. The van der Waals surface area contributed by atoms with Crippen molar-refractivity contribution >= 4 is 23.6 Å². The van der Waals surface area contributed by atoms with E-state index in [0.29, 0.717) is 5.75 Å². The average Bonchev–Trinajstić information content (AvgIpc) is 2.00. The molecule has 13 heavy (non-hydrogen) atoms. The first-order chi connectivity index (χ1) is 6.02. The summed E-state index contributed by atoms with van der Waals surface area (Å²) in [5.74, 6) is 0.314. The summed E-state index contributed by atoms with van der Waals surface area (Å²) in [5, 5.41) is 2.38. The molecular weight excluding hydrogens is 190 g/mol. The maximum absolute atomic E-state index is 10.9. The summed E-state index contributed by atoms with van der Waals surface area (Å²) >= 11 is 1.43. The highest BCUT2D eigenvalue weighted by Crippen LogP contribution is 1.99. The minimum Gasteiger partial charge on any atom is -0.368 e. The number of thioether (sulfide) groups is 1. The van der Waals surface area contributed by atoms with E-state index in [1.807, 2.05) is 6.92 Å². The summed E-state index contributed by atoms with van der Waals surface area (Å²) in [6.07, 6.45) is 0. The summed E-state index contributed by atoms with van der Waals surface area (Å²) < 4.78 is 0. The van der Waals surface area contributed by atoms with Gasteiger partial charge >= 0.3 is 0 Å². The Balaban J connectivity index is 3.36. The normalized spacial score (nSPS) is 12.2. The van der Waals surface area contributed by atoms with Gasteiger partial charge in [0.1, 0.15) is 0 Å². The zero-order chi connectivity index (χ0) is 10.3. The molecule has 0 aromatic carbocycles. The van der Waals surface area contributed by atoms with Gasteiger partial charge in [-0.25, -0.2) is 0 Å². The van der Waals surface area contributed by atoms with Crippen LogP contribution >= 0.6 is 11.8 Å². The Kier molecular flexibility index (Phi) is 6.34. The molecule has 0 saturated heterocycles. The molecule has 1 atom stereocenters. The molecule has 5 nitrogen and oxygen atoms in total. The highest BCUT2D eigenvalue weighted by atomic mass is 32.2. The van der Waals surface area contributed by atoms with Crippen LogP contribution in [-0.2, 0) is 9.59 Å². The van der Waals surface area contributed by atoms with Crippen molar-refractivity contribution in [3.8, 4) is 0 Å². The molecule has 0 aromatic rings. The van der Waals surface area contributed by atoms with Gasteiger partial charge in [-0.3, -0.25) is 9.59 Å². The fourth-order valence-electron chi connectivity index (χ4n) is 0.574. The number of hydrogen-bond acceptors (Lipinski definition) is 4. The van der Waals surface area contributed by atoms with Gasteiger partial charge in [-0.2, -0.15) is 11.8 Å². The standard InChI is InChI=1S/C7H15N3O2S/c1-5(8)3-13-4-7(12)10-2-6(9)11/h5H,2-4,8H2,1H3,(H2,9,11)(H,10,12). The minimum atomic E-state index is -0.537. The van der Waals surface area contributed by atoms with Gasteiger partial charge in [0.2, 0.25) is 11.8 Å². The molecule has 76 valence electrons. The van der Waals surface area contributed by atoms with E-state index in [1.54, 1.807) is 0 Å². The second-order valence-corrected chi connectivity index (χ2v) is 3.77. The van der Waals surface area contributed by atoms with Crippen LogP contribution in [0.2, 0.25) is 0 Å². The topological polar surface area (TPSA) is 98.2 Å². The predicted molar refractivity (Wildman–Crippen MR) is 53.2 cm³/mol. The zero-order valence-corrected chi connectivity index (χ0v) is 8.39. The number of carbonyl (C=O) groups is 2. The lowest BCUT2D eigenvalue weighted by molar-refractivity contribution is -0.123. The second kappa shape index (κ2) is 6.73. The van der Waals surface area contributed by atoms with Gasteiger partial charge in [0.25, 0.3) is 0 Å². The van der Waals surface area contributed by atoms with Crippen molar-refractivity contribution in [1.82, 2.24) is 5.32 Å². The molecule has 0 fully saturated rings. The molecule has 0 heterocycles. The summed E-state index contributed by atoms with van der Waals surface area (Å²) in [7, 11) is 0. The van der Waals surface area contributed by atoms with Gasteiger partial charge in [-0.05, 0) is 6.92 Å². The molecule has 1 unspecified atom stereocenters. The third kappa shape index (κ3) is 9.16. The van der Waals surface area contributed by atoms with Gasteiger partial charge in [0, 0.05) is 11.8 Å². The van der Waals surface area contributed by atoms with Crippen LogP contribution in [0.3, 0.4) is 0 Å². The number of nitrogens with one attached hydrogen (secondary N) is 1. The van der Waals surface area contributed by atoms with E-state index >= 15 is 0 Å². The minimum absolute atomic E-state index is 0.0777. The summed E-state index contributed by atoms with van der Waals surface area (Å²) in [5.41, 5.74) is 10.3. The monoisotopic (exact) mass is 205 g/mol. The first kappa shape index (κ1) is 12.2. The van der Waals surface area contributed by atoms with Crippen molar-refractivity contribution in [3.05, 3.63) is 0 Å². The fourth-order valence-corrected chi connectivity index (χ4v) is 1.35. The van der Waals surface area contributed by atoms with Crippen LogP contribution in [0.4, 0.5) is 0 Å².